The first kappa shape index (κ1) is 25.7. The molecule has 2 aliphatic carbocycles. The quantitative estimate of drug-likeness (QED) is 0.497. The summed E-state index contributed by atoms with van der Waals surface area (Å²) in [6.07, 6.45) is 9.85. The third kappa shape index (κ3) is 5.83. The number of carbonyl (C=O) groups excluding carboxylic acids is 3. The van der Waals surface area contributed by atoms with Gasteiger partial charge in [-0.2, -0.15) is 0 Å². The van der Waals surface area contributed by atoms with Crippen LogP contribution in [0.2, 0.25) is 0 Å². The van der Waals surface area contributed by atoms with Crippen molar-refractivity contribution in [1.82, 2.24) is 25.5 Å². The van der Waals surface area contributed by atoms with Crippen molar-refractivity contribution >= 4 is 28.8 Å². The lowest BCUT2D eigenvalue weighted by Gasteiger charge is -2.35. The minimum atomic E-state index is -0.893. The zero-order valence-corrected chi connectivity index (χ0v) is 22.2. The number of carbonyl (C=O) groups is 3. The van der Waals surface area contributed by atoms with E-state index < -0.39 is 6.04 Å². The number of benzene rings is 1. The number of aromatic nitrogens is 2. The van der Waals surface area contributed by atoms with E-state index in [1.807, 2.05) is 36.1 Å². The average Bonchev–Trinajstić information content (AvgIpc) is 3.54. The molecule has 1 aromatic heterocycles. The highest BCUT2D eigenvalue weighted by Gasteiger charge is 2.38. The molecule has 2 saturated carbocycles. The molecule has 8 nitrogen and oxygen atoms in total. The van der Waals surface area contributed by atoms with Gasteiger partial charge in [-0.1, -0.05) is 38.3 Å². The first-order valence-corrected chi connectivity index (χ1v) is 14.2. The molecule has 1 saturated heterocycles. The number of fused-ring (bicyclic) bond motifs is 1. The topological polar surface area (TPSA) is 107 Å². The van der Waals surface area contributed by atoms with Crippen LogP contribution in [0.15, 0.2) is 24.3 Å². The lowest BCUT2D eigenvalue weighted by atomic mass is 9.75. The Bertz CT molecular complexity index is 1080. The highest BCUT2D eigenvalue weighted by Crippen LogP contribution is 2.35. The zero-order valence-electron chi connectivity index (χ0n) is 22.2. The normalized spacial score (nSPS) is 25.9. The van der Waals surface area contributed by atoms with Crippen molar-refractivity contribution in [2.45, 2.75) is 96.2 Å². The number of rotatable bonds is 8. The second-order valence-electron chi connectivity index (χ2n) is 11.6. The molecule has 2 heterocycles. The number of amides is 3. The van der Waals surface area contributed by atoms with E-state index in [0.717, 1.165) is 43.3 Å². The Kier molecular flexibility index (Phi) is 7.81. The second-order valence-corrected chi connectivity index (χ2v) is 11.6. The zero-order chi connectivity index (χ0) is 25.9. The minimum Gasteiger partial charge on any atom is -0.345 e. The summed E-state index contributed by atoms with van der Waals surface area (Å²) >= 11 is 0. The molecular weight excluding hydrogens is 466 g/mol. The molecule has 3 atom stereocenters. The summed E-state index contributed by atoms with van der Waals surface area (Å²) in [6.45, 7) is 4.74. The first-order chi connectivity index (χ1) is 17.9. The van der Waals surface area contributed by atoms with E-state index in [1.54, 1.807) is 0 Å². The fourth-order valence-corrected chi connectivity index (χ4v) is 6.58. The van der Waals surface area contributed by atoms with Crippen LogP contribution < -0.4 is 10.6 Å². The van der Waals surface area contributed by atoms with Crippen LogP contribution in [0.4, 0.5) is 0 Å². The van der Waals surface area contributed by atoms with E-state index >= 15 is 0 Å². The molecule has 0 spiro atoms. The van der Waals surface area contributed by atoms with Gasteiger partial charge >= 0.3 is 0 Å². The molecule has 8 heteroatoms. The largest absolute Gasteiger partial charge is 0.345 e. The van der Waals surface area contributed by atoms with Crippen molar-refractivity contribution in [1.29, 1.82) is 0 Å². The molecular formula is C29H41N5O3. The lowest BCUT2D eigenvalue weighted by Crippen LogP contribution is -2.53. The summed E-state index contributed by atoms with van der Waals surface area (Å²) in [4.78, 5) is 49.8. The summed E-state index contributed by atoms with van der Waals surface area (Å²) in [5, 5.41) is 5.94. The monoisotopic (exact) mass is 507 g/mol. The molecule has 1 aliphatic heterocycles. The van der Waals surface area contributed by atoms with Gasteiger partial charge in [0, 0.05) is 18.5 Å². The number of aromatic amines is 1. The first-order valence-electron chi connectivity index (χ1n) is 14.2. The number of H-pyrrole nitrogens is 1. The van der Waals surface area contributed by atoms with E-state index in [2.05, 4.69) is 27.5 Å². The summed E-state index contributed by atoms with van der Waals surface area (Å²) < 4.78 is 0. The number of likely N-dealkylation sites (tertiary alicyclic amines) is 1. The van der Waals surface area contributed by atoms with Crippen LogP contribution in [-0.2, 0) is 14.4 Å². The van der Waals surface area contributed by atoms with Crippen LogP contribution in [-0.4, -0.2) is 51.2 Å². The van der Waals surface area contributed by atoms with Crippen molar-refractivity contribution in [3.8, 4) is 0 Å². The molecule has 3 fully saturated rings. The van der Waals surface area contributed by atoms with Gasteiger partial charge < -0.3 is 20.5 Å². The summed E-state index contributed by atoms with van der Waals surface area (Å²) in [5.41, 5.74) is 1.74. The number of nitrogens with zero attached hydrogens (tertiary/aromatic N) is 2. The molecule has 3 aliphatic rings. The Hall–Kier alpha value is -2.90. The number of hydrogen-bond donors (Lipinski definition) is 3. The molecule has 0 bridgehead atoms. The third-order valence-electron chi connectivity index (χ3n) is 8.75. The maximum Gasteiger partial charge on any atom is 0.243 e. The van der Waals surface area contributed by atoms with Crippen molar-refractivity contribution in [3.63, 3.8) is 0 Å². The van der Waals surface area contributed by atoms with Gasteiger partial charge in [-0.05, 0) is 69.4 Å². The molecule has 200 valence electrons. The number of nitrogens with one attached hydrogen (secondary N) is 3. The van der Waals surface area contributed by atoms with E-state index in [-0.39, 0.29) is 42.1 Å². The smallest absolute Gasteiger partial charge is 0.243 e. The molecule has 37 heavy (non-hydrogen) atoms. The molecule has 5 rings (SSSR count). The van der Waals surface area contributed by atoms with Gasteiger partial charge in [0.25, 0.3) is 0 Å². The summed E-state index contributed by atoms with van der Waals surface area (Å²) in [7, 11) is 0. The van der Waals surface area contributed by atoms with Gasteiger partial charge in [0.15, 0.2) is 0 Å². The maximum atomic E-state index is 13.5. The van der Waals surface area contributed by atoms with Crippen LogP contribution in [0.1, 0.15) is 89.9 Å². The van der Waals surface area contributed by atoms with Gasteiger partial charge in [-0.25, -0.2) is 4.98 Å². The molecule has 1 aromatic carbocycles. The van der Waals surface area contributed by atoms with E-state index in [0.29, 0.717) is 17.7 Å². The predicted molar refractivity (Wildman–Crippen MR) is 142 cm³/mol. The highest BCUT2D eigenvalue weighted by molar-refractivity contribution is 5.93. The maximum absolute atomic E-state index is 13.5. The number of para-hydroxylation sites is 2. The molecule has 3 amide bonds. The lowest BCUT2D eigenvalue weighted by molar-refractivity contribution is -0.139. The van der Waals surface area contributed by atoms with Crippen LogP contribution in [0, 0.1) is 17.8 Å². The third-order valence-corrected chi connectivity index (χ3v) is 8.75. The number of imidazole rings is 1. The van der Waals surface area contributed by atoms with Crippen molar-refractivity contribution < 1.29 is 14.4 Å². The summed E-state index contributed by atoms with van der Waals surface area (Å²) in [5.74, 6) is 1.19. The molecule has 3 N–H and O–H groups in total. The summed E-state index contributed by atoms with van der Waals surface area (Å²) in [6, 6.07) is 6.72. The Morgan fingerprint density at radius 3 is 2.54 bits per heavy atom. The van der Waals surface area contributed by atoms with Crippen molar-refractivity contribution in [2.75, 3.05) is 6.54 Å². The van der Waals surface area contributed by atoms with E-state index in [9.17, 15) is 14.4 Å². The Balaban J connectivity index is 1.27. The molecule has 2 aromatic rings. The average molecular weight is 508 g/mol. The van der Waals surface area contributed by atoms with Gasteiger partial charge in [-0.3, -0.25) is 14.4 Å². The Morgan fingerprint density at radius 1 is 1.05 bits per heavy atom. The van der Waals surface area contributed by atoms with E-state index in [1.165, 1.54) is 32.1 Å². The minimum absolute atomic E-state index is 0.00405. The van der Waals surface area contributed by atoms with Crippen LogP contribution >= 0.6 is 0 Å². The highest BCUT2D eigenvalue weighted by atomic mass is 16.2. The van der Waals surface area contributed by atoms with E-state index in [4.69, 9.17) is 0 Å². The fourth-order valence-electron chi connectivity index (χ4n) is 6.58. The fraction of sp³-hybridized carbons (Fsp3) is 0.655. The van der Waals surface area contributed by atoms with Crippen molar-refractivity contribution in [3.05, 3.63) is 30.1 Å². The van der Waals surface area contributed by atoms with Gasteiger partial charge in [0.2, 0.25) is 17.7 Å². The molecule has 0 radical (unpaired) electrons. The van der Waals surface area contributed by atoms with Gasteiger partial charge in [-0.15, -0.1) is 0 Å². The standard InChI is InChI=1S/C29H41N5O3/c1-18-15-21(16-18)28(36)33-24(17-26(35)34-14-8-13-25(34)20-9-4-3-5-10-20)29(37)30-19(2)27-31-22-11-6-7-12-23(22)32-27/h6-7,11-12,18-21,24-25H,3-5,8-10,13-17H2,1-2H3,(H,30,37)(H,31,32)(H,33,36)/t18?,19?,21?,24-,25+/m0/s1. The SMILES string of the molecule is CC1CC(C(=O)N[C@@H](CC(=O)N2CCC[C@@H]2C2CCCCC2)C(=O)NC(C)c2nc3ccccc3[nH]2)C1. The van der Waals surface area contributed by atoms with Crippen molar-refractivity contribution in [2.24, 2.45) is 17.8 Å². The molecule has 1 unspecified atom stereocenters. The van der Waals surface area contributed by atoms with Gasteiger partial charge in [0.1, 0.15) is 11.9 Å². The number of hydrogen-bond acceptors (Lipinski definition) is 4. The van der Waals surface area contributed by atoms with Crippen LogP contribution in [0.5, 0.6) is 0 Å². The van der Waals surface area contributed by atoms with Gasteiger partial charge in [0.05, 0.1) is 23.5 Å². The van der Waals surface area contributed by atoms with Crippen LogP contribution in [0.25, 0.3) is 11.0 Å². The Morgan fingerprint density at radius 2 is 1.81 bits per heavy atom. The Labute approximate surface area is 219 Å². The predicted octanol–water partition coefficient (Wildman–Crippen LogP) is 4.23. The van der Waals surface area contributed by atoms with Crippen LogP contribution in [0.3, 0.4) is 0 Å². The second kappa shape index (κ2) is 11.2.